The third-order valence-corrected chi connectivity index (χ3v) is 6.90. The molecule has 3 rings (SSSR count). The summed E-state index contributed by atoms with van der Waals surface area (Å²) < 4.78 is 26.6. The van der Waals surface area contributed by atoms with Crippen LogP contribution in [0.5, 0.6) is 0 Å². The number of benzene rings is 2. The zero-order valence-corrected chi connectivity index (χ0v) is 17.0. The Morgan fingerprint density at radius 1 is 1.03 bits per heavy atom. The van der Waals surface area contributed by atoms with Crippen LogP contribution in [0.2, 0.25) is 0 Å². The van der Waals surface area contributed by atoms with E-state index in [1.165, 1.54) is 28.6 Å². The molecule has 0 aliphatic carbocycles. The first-order valence-corrected chi connectivity index (χ1v) is 10.9. The molecule has 8 heteroatoms. The Kier molecular flexibility index (Phi) is 6.34. The minimum absolute atomic E-state index is 0.150. The Balaban J connectivity index is 1.76. The molecule has 2 N–H and O–H groups in total. The average Bonchev–Trinajstić information content (AvgIpc) is 3.23. The van der Waals surface area contributed by atoms with E-state index in [4.69, 9.17) is 0 Å². The number of aryl methyl sites for hydroxylation is 1. The first-order chi connectivity index (χ1) is 13.8. The molecule has 1 amide bonds. The zero-order chi connectivity index (χ0) is 21.0. The Morgan fingerprint density at radius 3 is 2.17 bits per heavy atom. The van der Waals surface area contributed by atoms with Gasteiger partial charge in [0.25, 0.3) is 5.91 Å². The van der Waals surface area contributed by atoms with Gasteiger partial charge in [0.1, 0.15) is 0 Å². The molecular formula is C21H24N2O5S. The fraction of sp³-hybridized carbons (Fsp3) is 0.333. The van der Waals surface area contributed by atoms with Crippen LogP contribution in [0.3, 0.4) is 0 Å². The third-order valence-electron chi connectivity index (χ3n) is 4.98. The van der Waals surface area contributed by atoms with Crippen molar-refractivity contribution >= 4 is 21.9 Å². The van der Waals surface area contributed by atoms with E-state index in [1.54, 1.807) is 12.1 Å². The molecule has 1 unspecified atom stereocenters. The molecule has 0 spiro atoms. The standard InChI is InChI=1S/C21H24N2O5S/c1-15-4-6-16(7-5-15)19(14-20(24)25)22-21(26)17-8-10-18(11-9-17)29(27,28)23-12-2-3-13-23/h4-11,19H,2-3,12-14H2,1H3,(H,22,26)(H,24,25). The quantitative estimate of drug-likeness (QED) is 0.722. The molecule has 1 heterocycles. The third kappa shape index (κ3) is 5.02. The van der Waals surface area contributed by atoms with Gasteiger partial charge in [0, 0.05) is 18.7 Å². The molecule has 2 aromatic rings. The normalized spacial score (nSPS) is 15.8. The summed E-state index contributed by atoms with van der Waals surface area (Å²) in [6, 6.07) is 12.3. The van der Waals surface area contributed by atoms with Crippen LogP contribution in [-0.2, 0) is 14.8 Å². The number of carbonyl (C=O) groups is 2. The smallest absolute Gasteiger partial charge is 0.305 e. The summed E-state index contributed by atoms with van der Waals surface area (Å²) in [5, 5.41) is 11.9. The number of rotatable bonds is 7. The van der Waals surface area contributed by atoms with Crippen molar-refractivity contribution in [3.63, 3.8) is 0 Å². The molecule has 0 bridgehead atoms. The molecule has 0 radical (unpaired) electrons. The van der Waals surface area contributed by atoms with Gasteiger partial charge in [-0.05, 0) is 49.6 Å². The lowest BCUT2D eigenvalue weighted by molar-refractivity contribution is -0.137. The predicted octanol–water partition coefficient (Wildman–Crippen LogP) is 2.73. The van der Waals surface area contributed by atoms with Crippen molar-refractivity contribution < 1.29 is 23.1 Å². The van der Waals surface area contributed by atoms with Gasteiger partial charge in [-0.2, -0.15) is 4.31 Å². The van der Waals surface area contributed by atoms with E-state index in [1.807, 2.05) is 19.1 Å². The Bertz CT molecular complexity index is 979. The first-order valence-electron chi connectivity index (χ1n) is 9.47. The number of aliphatic carboxylic acids is 1. The van der Waals surface area contributed by atoms with E-state index in [0.29, 0.717) is 18.7 Å². The SMILES string of the molecule is Cc1ccc(C(CC(=O)O)NC(=O)c2ccc(S(=O)(=O)N3CCCC3)cc2)cc1. The summed E-state index contributed by atoms with van der Waals surface area (Å²) in [7, 11) is -3.54. The van der Waals surface area contributed by atoms with E-state index in [2.05, 4.69) is 5.32 Å². The van der Waals surface area contributed by atoms with Crippen molar-refractivity contribution in [3.8, 4) is 0 Å². The molecule has 1 saturated heterocycles. The molecule has 2 aromatic carbocycles. The number of hydrogen-bond acceptors (Lipinski definition) is 4. The van der Waals surface area contributed by atoms with Crippen LogP contribution in [0.15, 0.2) is 53.4 Å². The molecule has 0 aromatic heterocycles. The average molecular weight is 416 g/mol. The van der Waals surface area contributed by atoms with E-state index in [-0.39, 0.29) is 16.9 Å². The second-order valence-corrected chi connectivity index (χ2v) is 9.11. The van der Waals surface area contributed by atoms with Gasteiger partial charge in [-0.25, -0.2) is 8.42 Å². The highest BCUT2D eigenvalue weighted by molar-refractivity contribution is 7.89. The molecule has 29 heavy (non-hydrogen) atoms. The number of sulfonamides is 1. The Morgan fingerprint density at radius 2 is 1.62 bits per heavy atom. The van der Waals surface area contributed by atoms with Crippen LogP contribution >= 0.6 is 0 Å². The number of nitrogens with zero attached hydrogens (tertiary/aromatic N) is 1. The van der Waals surface area contributed by atoms with Crippen LogP contribution in [0.4, 0.5) is 0 Å². The van der Waals surface area contributed by atoms with Crippen molar-refractivity contribution in [2.45, 2.75) is 37.1 Å². The summed E-state index contributed by atoms with van der Waals surface area (Å²) in [5.41, 5.74) is 2.00. The first kappa shape index (κ1) is 21.0. The van der Waals surface area contributed by atoms with Gasteiger partial charge in [-0.15, -0.1) is 0 Å². The summed E-state index contributed by atoms with van der Waals surface area (Å²) >= 11 is 0. The van der Waals surface area contributed by atoms with Crippen LogP contribution < -0.4 is 5.32 Å². The van der Waals surface area contributed by atoms with Gasteiger partial charge in [0.05, 0.1) is 17.4 Å². The van der Waals surface area contributed by atoms with Crippen molar-refractivity contribution in [2.24, 2.45) is 0 Å². The fourth-order valence-corrected chi connectivity index (χ4v) is 4.84. The van der Waals surface area contributed by atoms with E-state index < -0.39 is 27.9 Å². The van der Waals surface area contributed by atoms with Crippen LogP contribution in [0.1, 0.15) is 46.8 Å². The summed E-state index contributed by atoms with van der Waals surface area (Å²) in [4.78, 5) is 24.0. The van der Waals surface area contributed by atoms with Gasteiger partial charge in [-0.3, -0.25) is 9.59 Å². The van der Waals surface area contributed by atoms with E-state index in [0.717, 1.165) is 18.4 Å². The lowest BCUT2D eigenvalue weighted by Crippen LogP contribution is -2.30. The van der Waals surface area contributed by atoms with E-state index >= 15 is 0 Å². The summed E-state index contributed by atoms with van der Waals surface area (Å²) in [6.07, 6.45) is 1.45. The highest BCUT2D eigenvalue weighted by Crippen LogP contribution is 2.22. The monoisotopic (exact) mass is 416 g/mol. The summed E-state index contributed by atoms with van der Waals surface area (Å²) in [5.74, 6) is -1.48. The minimum Gasteiger partial charge on any atom is -0.481 e. The van der Waals surface area contributed by atoms with Crippen molar-refractivity contribution in [1.29, 1.82) is 0 Å². The number of amides is 1. The highest BCUT2D eigenvalue weighted by Gasteiger charge is 2.27. The second-order valence-electron chi connectivity index (χ2n) is 7.17. The number of carboxylic acids is 1. The Hall–Kier alpha value is -2.71. The number of carbonyl (C=O) groups excluding carboxylic acids is 1. The van der Waals surface area contributed by atoms with Crippen LogP contribution in [-0.4, -0.2) is 42.8 Å². The van der Waals surface area contributed by atoms with Gasteiger partial charge in [0.15, 0.2) is 0 Å². The molecule has 154 valence electrons. The number of carboxylic acid groups (broad SMARTS) is 1. The largest absolute Gasteiger partial charge is 0.481 e. The molecule has 1 aliphatic rings. The second kappa shape index (κ2) is 8.75. The lowest BCUT2D eigenvalue weighted by Gasteiger charge is -2.18. The van der Waals surface area contributed by atoms with Gasteiger partial charge >= 0.3 is 5.97 Å². The van der Waals surface area contributed by atoms with Gasteiger partial charge in [0.2, 0.25) is 10.0 Å². The zero-order valence-electron chi connectivity index (χ0n) is 16.2. The summed E-state index contributed by atoms with van der Waals surface area (Å²) in [6.45, 7) is 2.95. The highest BCUT2D eigenvalue weighted by atomic mass is 32.2. The maximum atomic E-state index is 12.6. The Labute approximate surface area is 170 Å². The molecule has 1 atom stereocenters. The van der Waals surface area contributed by atoms with Crippen molar-refractivity contribution in [2.75, 3.05) is 13.1 Å². The number of nitrogens with one attached hydrogen (secondary N) is 1. The topological polar surface area (TPSA) is 104 Å². The minimum atomic E-state index is -3.54. The van der Waals surface area contributed by atoms with E-state index in [9.17, 15) is 23.1 Å². The molecule has 0 saturated carbocycles. The van der Waals surface area contributed by atoms with Gasteiger partial charge in [-0.1, -0.05) is 29.8 Å². The van der Waals surface area contributed by atoms with Gasteiger partial charge < -0.3 is 10.4 Å². The van der Waals surface area contributed by atoms with Crippen LogP contribution in [0, 0.1) is 6.92 Å². The van der Waals surface area contributed by atoms with Crippen LogP contribution in [0.25, 0.3) is 0 Å². The maximum absolute atomic E-state index is 12.6. The molecule has 1 fully saturated rings. The number of hydrogen-bond donors (Lipinski definition) is 2. The lowest BCUT2D eigenvalue weighted by atomic mass is 10.0. The fourth-order valence-electron chi connectivity index (χ4n) is 3.32. The molecule has 1 aliphatic heterocycles. The predicted molar refractivity (Wildman–Crippen MR) is 108 cm³/mol. The molecular weight excluding hydrogens is 392 g/mol. The maximum Gasteiger partial charge on any atom is 0.305 e. The molecule has 7 nitrogen and oxygen atoms in total. The van der Waals surface area contributed by atoms with Crippen molar-refractivity contribution in [3.05, 3.63) is 65.2 Å². The van der Waals surface area contributed by atoms with Crippen molar-refractivity contribution in [1.82, 2.24) is 9.62 Å².